The molecule has 2 N–H and O–H groups in total. The van der Waals surface area contributed by atoms with E-state index in [2.05, 4.69) is 15.8 Å². The molecule has 0 fully saturated rings. The third kappa shape index (κ3) is 5.51. The monoisotopic (exact) mass is 345 g/mol. The van der Waals surface area contributed by atoms with E-state index in [1.807, 2.05) is 29.6 Å². The molecule has 0 aliphatic heterocycles. The molecule has 24 heavy (non-hydrogen) atoms. The third-order valence-electron chi connectivity index (χ3n) is 3.16. The number of rotatable bonds is 7. The van der Waals surface area contributed by atoms with Crippen LogP contribution in [0.5, 0.6) is 5.75 Å². The molecule has 0 unspecified atom stereocenters. The molecule has 1 heterocycles. The van der Waals surface area contributed by atoms with Crippen LogP contribution in [0, 0.1) is 0 Å². The van der Waals surface area contributed by atoms with E-state index in [1.165, 1.54) is 11.3 Å². The van der Waals surface area contributed by atoms with Crippen molar-refractivity contribution in [3.8, 4) is 5.75 Å². The minimum absolute atomic E-state index is 0.126. The molecule has 0 aliphatic rings. The standard InChI is InChI=1S/C17H19N3O3S/c1-12(19-20-17(22)15-4-3-9-24-15)10-16(21)18-11-13-5-7-14(23-2)8-6-13/h3-9H,10-11H2,1-2H3,(H,18,21)(H,20,22)/b19-12+. The maximum atomic E-state index is 11.9. The molecular formula is C17H19N3O3S. The zero-order valence-corrected chi connectivity index (χ0v) is 14.4. The Bertz CT molecular complexity index is 709. The zero-order chi connectivity index (χ0) is 17.4. The van der Waals surface area contributed by atoms with Gasteiger partial charge >= 0.3 is 0 Å². The highest BCUT2D eigenvalue weighted by Crippen LogP contribution is 2.11. The average Bonchev–Trinajstić information content (AvgIpc) is 3.13. The van der Waals surface area contributed by atoms with Gasteiger partial charge in [0, 0.05) is 12.3 Å². The number of hydrogen-bond donors (Lipinski definition) is 2. The number of nitrogens with one attached hydrogen (secondary N) is 2. The molecule has 2 aromatic rings. The van der Waals surface area contributed by atoms with Crippen LogP contribution in [0.15, 0.2) is 46.9 Å². The van der Waals surface area contributed by atoms with Crippen molar-refractivity contribution in [3.05, 3.63) is 52.2 Å². The van der Waals surface area contributed by atoms with Gasteiger partial charge in [-0.1, -0.05) is 18.2 Å². The van der Waals surface area contributed by atoms with Gasteiger partial charge in [-0.25, -0.2) is 5.43 Å². The van der Waals surface area contributed by atoms with Crippen LogP contribution in [0.3, 0.4) is 0 Å². The van der Waals surface area contributed by atoms with Crippen molar-refractivity contribution in [2.45, 2.75) is 19.9 Å². The van der Waals surface area contributed by atoms with Gasteiger partial charge in [-0.05, 0) is 36.1 Å². The molecule has 0 radical (unpaired) electrons. The van der Waals surface area contributed by atoms with Crippen LogP contribution in [-0.4, -0.2) is 24.6 Å². The molecule has 126 valence electrons. The van der Waals surface area contributed by atoms with Crippen LogP contribution < -0.4 is 15.5 Å². The highest BCUT2D eigenvalue weighted by molar-refractivity contribution is 7.12. The van der Waals surface area contributed by atoms with Gasteiger partial charge in [0.1, 0.15) is 5.75 Å². The van der Waals surface area contributed by atoms with Crippen molar-refractivity contribution in [2.75, 3.05) is 7.11 Å². The van der Waals surface area contributed by atoms with Crippen LogP contribution in [0.2, 0.25) is 0 Å². The summed E-state index contributed by atoms with van der Waals surface area (Å²) >= 11 is 1.34. The quantitative estimate of drug-likeness (QED) is 0.598. The minimum atomic E-state index is -0.275. The fourth-order valence-electron chi connectivity index (χ4n) is 1.89. The summed E-state index contributed by atoms with van der Waals surface area (Å²) in [4.78, 5) is 24.2. The van der Waals surface area contributed by atoms with Crippen molar-refractivity contribution >= 4 is 28.9 Å². The van der Waals surface area contributed by atoms with Crippen molar-refractivity contribution in [1.82, 2.24) is 10.7 Å². The third-order valence-corrected chi connectivity index (χ3v) is 4.03. The lowest BCUT2D eigenvalue weighted by molar-refractivity contribution is -0.120. The molecule has 0 saturated heterocycles. The Morgan fingerprint density at radius 3 is 2.58 bits per heavy atom. The zero-order valence-electron chi connectivity index (χ0n) is 13.5. The first-order chi connectivity index (χ1) is 11.6. The Balaban J connectivity index is 1.76. The molecule has 1 aromatic carbocycles. The van der Waals surface area contributed by atoms with E-state index in [1.54, 1.807) is 26.2 Å². The molecule has 0 saturated carbocycles. The number of carbonyl (C=O) groups excluding carboxylic acids is 2. The number of hydrogen-bond acceptors (Lipinski definition) is 5. The van der Waals surface area contributed by atoms with Crippen molar-refractivity contribution < 1.29 is 14.3 Å². The molecule has 2 amide bonds. The summed E-state index contributed by atoms with van der Waals surface area (Å²) in [6.07, 6.45) is 0.126. The number of amides is 2. The van der Waals surface area contributed by atoms with Crippen molar-refractivity contribution in [3.63, 3.8) is 0 Å². The molecule has 0 bridgehead atoms. The molecule has 2 rings (SSSR count). The van der Waals surface area contributed by atoms with E-state index in [0.29, 0.717) is 17.1 Å². The SMILES string of the molecule is COc1ccc(CNC(=O)C/C(C)=N/NC(=O)c2cccs2)cc1. The second kappa shape index (κ2) is 8.83. The lowest BCUT2D eigenvalue weighted by Crippen LogP contribution is -2.26. The Morgan fingerprint density at radius 2 is 1.96 bits per heavy atom. The first-order valence-electron chi connectivity index (χ1n) is 7.35. The summed E-state index contributed by atoms with van der Waals surface area (Å²) in [7, 11) is 1.61. The van der Waals surface area contributed by atoms with E-state index >= 15 is 0 Å². The molecule has 6 nitrogen and oxygen atoms in total. The van der Waals surface area contributed by atoms with Crippen molar-refractivity contribution in [2.24, 2.45) is 5.10 Å². The van der Waals surface area contributed by atoms with Crippen LogP contribution in [0.4, 0.5) is 0 Å². The van der Waals surface area contributed by atoms with Crippen LogP contribution in [0.1, 0.15) is 28.6 Å². The van der Waals surface area contributed by atoms with E-state index in [-0.39, 0.29) is 18.2 Å². The largest absolute Gasteiger partial charge is 0.497 e. The molecule has 0 spiro atoms. The van der Waals surface area contributed by atoms with Crippen LogP contribution in [-0.2, 0) is 11.3 Å². The van der Waals surface area contributed by atoms with E-state index in [4.69, 9.17) is 4.74 Å². The van der Waals surface area contributed by atoms with Crippen LogP contribution in [0.25, 0.3) is 0 Å². The second-order valence-corrected chi connectivity index (χ2v) is 6.01. The molecule has 1 aromatic heterocycles. The summed E-state index contributed by atoms with van der Waals surface area (Å²) in [5.74, 6) is 0.343. The lowest BCUT2D eigenvalue weighted by Gasteiger charge is -2.06. The van der Waals surface area contributed by atoms with Gasteiger partial charge in [0.25, 0.3) is 5.91 Å². The Kier molecular flexibility index (Phi) is 6.51. The van der Waals surface area contributed by atoms with Gasteiger partial charge in [-0.2, -0.15) is 5.10 Å². The predicted octanol–water partition coefficient (Wildman–Crippen LogP) is 2.57. The topological polar surface area (TPSA) is 79.8 Å². The average molecular weight is 345 g/mol. The fourth-order valence-corrected chi connectivity index (χ4v) is 2.50. The fraction of sp³-hybridized carbons (Fsp3) is 0.235. The minimum Gasteiger partial charge on any atom is -0.497 e. The molecular weight excluding hydrogens is 326 g/mol. The molecule has 0 atom stereocenters. The Morgan fingerprint density at radius 1 is 1.21 bits per heavy atom. The highest BCUT2D eigenvalue weighted by atomic mass is 32.1. The summed E-state index contributed by atoms with van der Waals surface area (Å²) in [6, 6.07) is 11.0. The highest BCUT2D eigenvalue weighted by Gasteiger charge is 2.07. The summed E-state index contributed by atoms with van der Waals surface area (Å²) < 4.78 is 5.08. The summed E-state index contributed by atoms with van der Waals surface area (Å²) in [5, 5.41) is 8.57. The number of carbonyl (C=O) groups is 2. The second-order valence-electron chi connectivity index (χ2n) is 5.07. The van der Waals surface area contributed by atoms with E-state index in [9.17, 15) is 9.59 Å². The van der Waals surface area contributed by atoms with Gasteiger partial charge in [0.2, 0.25) is 5.91 Å². The van der Waals surface area contributed by atoms with E-state index < -0.39 is 0 Å². The Hall–Kier alpha value is -2.67. The summed E-state index contributed by atoms with van der Waals surface area (Å²) in [5.41, 5.74) is 3.95. The number of methoxy groups -OCH3 is 1. The maximum absolute atomic E-state index is 11.9. The number of nitrogens with zero attached hydrogens (tertiary/aromatic N) is 1. The van der Waals surface area contributed by atoms with Gasteiger partial charge < -0.3 is 10.1 Å². The molecule has 0 aliphatic carbocycles. The lowest BCUT2D eigenvalue weighted by atomic mass is 10.2. The van der Waals surface area contributed by atoms with Crippen LogP contribution >= 0.6 is 11.3 Å². The van der Waals surface area contributed by atoms with Gasteiger partial charge in [0.05, 0.1) is 18.4 Å². The smallest absolute Gasteiger partial charge is 0.281 e. The normalized spacial score (nSPS) is 11.0. The van der Waals surface area contributed by atoms with Gasteiger partial charge in [-0.15, -0.1) is 11.3 Å². The number of ether oxygens (including phenoxy) is 1. The van der Waals surface area contributed by atoms with E-state index in [0.717, 1.165) is 11.3 Å². The first-order valence-corrected chi connectivity index (χ1v) is 8.23. The first kappa shape index (κ1) is 17.7. The predicted molar refractivity (Wildman–Crippen MR) is 94.4 cm³/mol. The number of hydrazone groups is 1. The summed E-state index contributed by atoms with van der Waals surface area (Å²) in [6.45, 7) is 2.12. The Labute approximate surface area is 144 Å². The maximum Gasteiger partial charge on any atom is 0.281 e. The number of benzene rings is 1. The van der Waals surface area contributed by atoms with Gasteiger partial charge in [-0.3, -0.25) is 9.59 Å². The number of thiophene rings is 1. The van der Waals surface area contributed by atoms with Crippen molar-refractivity contribution in [1.29, 1.82) is 0 Å². The molecule has 7 heteroatoms. The van der Waals surface area contributed by atoms with Gasteiger partial charge in [0.15, 0.2) is 0 Å².